The molecule has 1 heterocycles. The Kier molecular flexibility index (Phi) is 3.71. The number of halogens is 3. The van der Waals surface area contributed by atoms with Gasteiger partial charge in [-0.05, 0) is 6.08 Å². The fourth-order valence-electron chi connectivity index (χ4n) is 1.94. The Balaban J connectivity index is 2.62. The first kappa shape index (κ1) is 15.0. The van der Waals surface area contributed by atoms with E-state index in [1.807, 2.05) is 0 Å². The van der Waals surface area contributed by atoms with Crippen LogP contribution in [0, 0.1) is 0 Å². The topological polar surface area (TPSA) is 65.0 Å². The second-order valence-electron chi connectivity index (χ2n) is 4.19. The van der Waals surface area contributed by atoms with Gasteiger partial charge in [-0.15, -0.1) is 0 Å². The summed E-state index contributed by atoms with van der Waals surface area (Å²) in [6.45, 7) is 0. The van der Waals surface area contributed by atoms with Crippen molar-refractivity contribution in [2.24, 2.45) is 0 Å². The third-order valence-electron chi connectivity index (χ3n) is 2.90. The van der Waals surface area contributed by atoms with Gasteiger partial charge >= 0.3 is 12.1 Å². The van der Waals surface area contributed by atoms with Crippen LogP contribution in [0.1, 0.15) is 5.56 Å². The highest BCUT2D eigenvalue weighted by atomic mass is 19.4. The van der Waals surface area contributed by atoms with Crippen molar-refractivity contribution in [1.82, 2.24) is 0 Å². The van der Waals surface area contributed by atoms with Gasteiger partial charge in [-0.1, -0.05) is 0 Å². The molecular weight excluding hydrogens is 293 g/mol. The quantitative estimate of drug-likeness (QED) is 0.929. The Morgan fingerprint density at radius 3 is 2.43 bits per heavy atom. The number of aliphatic carboxylic acids is 1. The van der Waals surface area contributed by atoms with Crippen LogP contribution in [0.4, 0.5) is 13.2 Å². The number of carboxylic acid groups (broad SMARTS) is 1. The van der Waals surface area contributed by atoms with Gasteiger partial charge in [-0.3, -0.25) is 0 Å². The van der Waals surface area contributed by atoms with Gasteiger partial charge in [0.2, 0.25) is 6.10 Å². The third-order valence-corrected chi connectivity index (χ3v) is 2.90. The molecule has 114 valence electrons. The number of hydrogen-bond acceptors (Lipinski definition) is 4. The van der Waals surface area contributed by atoms with Crippen molar-refractivity contribution in [2.45, 2.75) is 12.3 Å². The van der Waals surface area contributed by atoms with Gasteiger partial charge in [0.05, 0.1) is 25.4 Å². The number of carboxylic acids is 1. The zero-order chi connectivity index (χ0) is 15.8. The maximum absolute atomic E-state index is 12.9. The third kappa shape index (κ3) is 2.74. The van der Waals surface area contributed by atoms with Gasteiger partial charge in [0, 0.05) is 12.1 Å². The summed E-state index contributed by atoms with van der Waals surface area (Å²) in [4.78, 5) is 11.0. The predicted molar refractivity (Wildman–Crippen MR) is 65.6 cm³/mol. The summed E-state index contributed by atoms with van der Waals surface area (Å²) in [5.74, 6) is -1.47. The summed E-state index contributed by atoms with van der Waals surface area (Å²) in [5.41, 5.74) is -0.783. The molecule has 1 atom stereocenters. The number of hydrogen-bond donors (Lipinski definition) is 1. The second kappa shape index (κ2) is 5.19. The Morgan fingerprint density at radius 1 is 1.29 bits per heavy atom. The lowest BCUT2D eigenvalue weighted by molar-refractivity contribution is -0.187. The lowest BCUT2D eigenvalue weighted by Gasteiger charge is -2.28. The normalized spacial score (nSPS) is 17.4. The smallest absolute Gasteiger partial charge is 0.430 e. The summed E-state index contributed by atoms with van der Waals surface area (Å²) >= 11 is 0. The summed E-state index contributed by atoms with van der Waals surface area (Å²) in [7, 11) is 2.64. The zero-order valence-corrected chi connectivity index (χ0v) is 11.0. The lowest BCUT2D eigenvalue weighted by Crippen LogP contribution is -2.40. The van der Waals surface area contributed by atoms with Crippen molar-refractivity contribution in [3.05, 3.63) is 23.3 Å². The van der Waals surface area contributed by atoms with Gasteiger partial charge in [0.15, 0.2) is 0 Å². The van der Waals surface area contributed by atoms with Crippen LogP contribution in [0.5, 0.6) is 17.2 Å². The number of alkyl halides is 3. The summed E-state index contributed by atoms with van der Waals surface area (Å²) < 4.78 is 53.5. The van der Waals surface area contributed by atoms with Gasteiger partial charge in [0.1, 0.15) is 17.2 Å². The molecule has 2 rings (SSSR count). The summed E-state index contributed by atoms with van der Waals surface area (Å²) in [5, 5.41) is 8.95. The van der Waals surface area contributed by atoms with E-state index in [9.17, 15) is 18.0 Å². The molecule has 0 spiro atoms. The number of rotatable bonds is 3. The van der Waals surface area contributed by atoms with Crippen LogP contribution in [0.2, 0.25) is 0 Å². The molecule has 1 aliphatic rings. The fourth-order valence-corrected chi connectivity index (χ4v) is 1.94. The van der Waals surface area contributed by atoms with Crippen LogP contribution in [-0.2, 0) is 4.79 Å². The molecule has 0 aromatic heterocycles. The Bertz CT molecular complexity index is 607. The molecule has 0 radical (unpaired) electrons. The van der Waals surface area contributed by atoms with E-state index in [1.165, 1.54) is 26.4 Å². The molecule has 0 amide bonds. The first-order valence-electron chi connectivity index (χ1n) is 5.72. The van der Waals surface area contributed by atoms with Gasteiger partial charge in [-0.25, -0.2) is 4.79 Å². The minimum absolute atomic E-state index is 0.121. The molecule has 1 N–H and O–H groups in total. The van der Waals surface area contributed by atoms with Crippen molar-refractivity contribution in [3.8, 4) is 17.2 Å². The highest BCUT2D eigenvalue weighted by molar-refractivity contribution is 5.95. The Morgan fingerprint density at radius 2 is 1.95 bits per heavy atom. The minimum atomic E-state index is -4.85. The van der Waals surface area contributed by atoms with Crippen LogP contribution in [0.15, 0.2) is 17.7 Å². The maximum Gasteiger partial charge on any atom is 0.430 e. The van der Waals surface area contributed by atoms with E-state index in [0.29, 0.717) is 0 Å². The molecule has 0 saturated carbocycles. The van der Waals surface area contributed by atoms with E-state index in [1.54, 1.807) is 0 Å². The average molecular weight is 304 g/mol. The molecule has 5 nitrogen and oxygen atoms in total. The highest BCUT2D eigenvalue weighted by Gasteiger charge is 2.48. The molecule has 0 fully saturated rings. The predicted octanol–water partition coefficient (Wildman–Crippen LogP) is 2.50. The van der Waals surface area contributed by atoms with Crippen molar-refractivity contribution in [2.75, 3.05) is 14.2 Å². The number of fused-ring (bicyclic) bond motifs is 1. The number of ether oxygens (including phenoxy) is 3. The molecule has 1 aliphatic heterocycles. The molecule has 1 aromatic rings. The maximum atomic E-state index is 12.9. The summed E-state index contributed by atoms with van der Waals surface area (Å²) in [6.07, 6.45) is -6.49. The van der Waals surface area contributed by atoms with E-state index in [0.717, 1.165) is 6.08 Å². The molecule has 1 unspecified atom stereocenters. The van der Waals surface area contributed by atoms with E-state index >= 15 is 0 Å². The number of carbonyl (C=O) groups is 1. The lowest BCUT2D eigenvalue weighted by atomic mass is 10.0. The minimum Gasteiger partial charge on any atom is -0.496 e. The average Bonchev–Trinajstić information content (AvgIpc) is 2.43. The van der Waals surface area contributed by atoms with Crippen LogP contribution < -0.4 is 14.2 Å². The first-order chi connectivity index (χ1) is 9.77. The van der Waals surface area contributed by atoms with Gasteiger partial charge in [0.25, 0.3) is 0 Å². The van der Waals surface area contributed by atoms with Crippen molar-refractivity contribution in [3.63, 3.8) is 0 Å². The van der Waals surface area contributed by atoms with Crippen molar-refractivity contribution >= 4 is 12.0 Å². The van der Waals surface area contributed by atoms with E-state index in [2.05, 4.69) is 0 Å². The number of benzene rings is 1. The SMILES string of the molecule is COc1cc(OC)c2c(c1)OC(C(F)(F)F)C(C(=O)O)=C2. The van der Waals surface area contributed by atoms with Gasteiger partial charge in [-0.2, -0.15) is 13.2 Å². The van der Waals surface area contributed by atoms with Crippen LogP contribution in [0.25, 0.3) is 6.08 Å². The van der Waals surface area contributed by atoms with Gasteiger partial charge < -0.3 is 19.3 Å². The van der Waals surface area contributed by atoms with Crippen LogP contribution in [-0.4, -0.2) is 37.6 Å². The zero-order valence-electron chi connectivity index (χ0n) is 11.0. The molecule has 0 bridgehead atoms. The molecule has 21 heavy (non-hydrogen) atoms. The standard InChI is InChI=1S/C13H11F3O5/c1-19-6-3-9(20-2)7-5-8(12(17)18)11(13(14,15)16)21-10(7)4-6/h3-5,11H,1-2H3,(H,17,18). The van der Waals surface area contributed by atoms with Crippen LogP contribution >= 0.6 is 0 Å². The second-order valence-corrected chi connectivity index (χ2v) is 4.19. The monoisotopic (exact) mass is 304 g/mol. The molecule has 0 aliphatic carbocycles. The molecular formula is C13H11F3O5. The largest absolute Gasteiger partial charge is 0.496 e. The molecule has 0 saturated heterocycles. The highest BCUT2D eigenvalue weighted by Crippen LogP contribution is 2.43. The Labute approximate surface area is 117 Å². The van der Waals surface area contributed by atoms with Crippen LogP contribution in [0.3, 0.4) is 0 Å². The summed E-state index contributed by atoms with van der Waals surface area (Å²) in [6, 6.07) is 2.66. The van der Waals surface area contributed by atoms with Crippen molar-refractivity contribution < 1.29 is 37.3 Å². The molecule has 1 aromatic carbocycles. The van der Waals surface area contributed by atoms with Crippen molar-refractivity contribution in [1.29, 1.82) is 0 Å². The van der Waals surface area contributed by atoms with E-state index in [4.69, 9.17) is 19.3 Å². The fraction of sp³-hybridized carbons (Fsp3) is 0.308. The Hall–Kier alpha value is -2.38. The first-order valence-corrected chi connectivity index (χ1v) is 5.72. The van der Waals surface area contributed by atoms with E-state index in [-0.39, 0.29) is 22.8 Å². The van der Waals surface area contributed by atoms with E-state index < -0.39 is 23.8 Å². The number of methoxy groups -OCH3 is 2. The molecule has 8 heteroatoms.